The van der Waals surface area contributed by atoms with Gasteiger partial charge in [0.15, 0.2) is 0 Å². The molecule has 1 atom stereocenters. The van der Waals surface area contributed by atoms with Crippen LogP contribution in [0.3, 0.4) is 0 Å². The maximum Gasteiger partial charge on any atom is 0.118 e. The van der Waals surface area contributed by atoms with Gasteiger partial charge in [-0.15, -0.1) is 0 Å². The lowest BCUT2D eigenvalue weighted by Gasteiger charge is -2.18. The van der Waals surface area contributed by atoms with E-state index in [4.69, 9.17) is 10.5 Å². The summed E-state index contributed by atoms with van der Waals surface area (Å²) in [6, 6.07) is 14.8. The monoisotopic (exact) mass is 269 g/mol. The van der Waals surface area contributed by atoms with Crippen LogP contribution >= 0.6 is 0 Å². The SMILES string of the molecule is COc1ccc(CC(CN)c2cc(C)ccc2C)cc1. The maximum atomic E-state index is 6.00. The van der Waals surface area contributed by atoms with E-state index in [-0.39, 0.29) is 0 Å². The first-order valence-corrected chi connectivity index (χ1v) is 7.04. The highest BCUT2D eigenvalue weighted by Gasteiger charge is 2.13. The molecule has 0 spiro atoms. The van der Waals surface area contributed by atoms with Crippen molar-refractivity contribution in [3.8, 4) is 5.75 Å². The second-order valence-corrected chi connectivity index (χ2v) is 5.34. The van der Waals surface area contributed by atoms with Gasteiger partial charge >= 0.3 is 0 Å². The smallest absolute Gasteiger partial charge is 0.118 e. The lowest BCUT2D eigenvalue weighted by molar-refractivity contribution is 0.414. The number of hydrogen-bond acceptors (Lipinski definition) is 2. The Morgan fingerprint density at radius 3 is 2.35 bits per heavy atom. The van der Waals surface area contributed by atoms with E-state index < -0.39 is 0 Å². The maximum absolute atomic E-state index is 6.00. The number of nitrogens with two attached hydrogens (primary N) is 1. The van der Waals surface area contributed by atoms with Crippen LogP contribution in [0.25, 0.3) is 0 Å². The highest BCUT2D eigenvalue weighted by atomic mass is 16.5. The molecule has 2 aromatic carbocycles. The molecule has 106 valence electrons. The third-order valence-electron chi connectivity index (χ3n) is 3.80. The third-order valence-corrected chi connectivity index (χ3v) is 3.80. The average molecular weight is 269 g/mol. The molecular weight excluding hydrogens is 246 g/mol. The normalized spacial score (nSPS) is 12.2. The molecule has 0 radical (unpaired) electrons. The topological polar surface area (TPSA) is 35.2 Å². The van der Waals surface area contributed by atoms with Gasteiger partial charge in [0.25, 0.3) is 0 Å². The predicted molar refractivity (Wildman–Crippen MR) is 84.4 cm³/mol. The van der Waals surface area contributed by atoms with E-state index in [2.05, 4.69) is 44.2 Å². The highest BCUT2D eigenvalue weighted by molar-refractivity contribution is 5.35. The van der Waals surface area contributed by atoms with Crippen molar-refractivity contribution in [3.05, 3.63) is 64.7 Å². The van der Waals surface area contributed by atoms with Crippen LogP contribution in [0.1, 0.15) is 28.2 Å². The molecule has 0 bridgehead atoms. The fourth-order valence-corrected chi connectivity index (χ4v) is 2.57. The summed E-state index contributed by atoms with van der Waals surface area (Å²) in [6.07, 6.45) is 0.963. The van der Waals surface area contributed by atoms with Gasteiger partial charge in [-0.1, -0.05) is 35.9 Å². The van der Waals surface area contributed by atoms with Crippen LogP contribution in [0.5, 0.6) is 5.75 Å². The van der Waals surface area contributed by atoms with Crippen LogP contribution in [0.2, 0.25) is 0 Å². The Kier molecular flexibility index (Phi) is 4.80. The molecule has 0 fully saturated rings. The van der Waals surface area contributed by atoms with Gasteiger partial charge in [0.05, 0.1) is 7.11 Å². The van der Waals surface area contributed by atoms with Gasteiger partial charge in [-0.05, 0) is 55.6 Å². The number of methoxy groups -OCH3 is 1. The molecular formula is C18H23NO. The fourth-order valence-electron chi connectivity index (χ4n) is 2.57. The Balaban J connectivity index is 2.21. The summed E-state index contributed by atoms with van der Waals surface area (Å²) in [5.41, 5.74) is 11.3. The van der Waals surface area contributed by atoms with Crippen LogP contribution in [-0.4, -0.2) is 13.7 Å². The van der Waals surface area contributed by atoms with Gasteiger partial charge in [-0.2, -0.15) is 0 Å². The molecule has 0 saturated heterocycles. The van der Waals surface area contributed by atoms with Crippen LogP contribution in [-0.2, 0) is 6.42 Å². The van der Waals surface area contributed by atoms with E-state index in [0.717, 1.165) is 12.2 Å². The highest BCUT2D eigenvalue weighted by Crippen LogP contribution is 2.25. The van der Waals surface area contributed by atoms with E-state index in [0.29, 0.717) is 12.5 Å². The van der Waals surface area contributed by atoms with Crippen LogP contribution in [0.4, 0.5) is 0 Å². The molecule has 0 saturated carbocycles. The van der Waals surface area contributed by atoms with Crippen molar-refractivity contribution in [2.45, 2.75) is 26.2 Å². The molecule has 2 heteroatoms. The number of aryl methyl sites for hydroxylation is 2. The first-order valence-electron chi connectivity index (χ1n) is 7.04. The molecule has 0 heterocycles. The van der Waals surface area contributed by atoms with Gasteiger partial charge in [0.1, 0.15) is 5.75 Å². The van der Waals surface area contributed by atoms with Crippen molar-refractivity contribution < 1.29 is 4.74 Å². The van der Waals surface area contributed by atoms with Crippen molar-refractivity contribution in [2.75, 3.05) is 13.7 Å². The van der Waals surface area contributed by atoms with E-state index in [9.17, 15) is 0 Å². The Morgan fingerprint density at radius 1 is 1.05 bits per heavy atom. The van der Waals surface area contributed by atoms with Gasteiger partial charge < -0.3 is 10.5 Å². The average Bonchev–Trinajstić information content (AvgIpc) is 2.48. The molecule has 0 aliphatic rings. The van der Waals surface area contributed by atoms with Crippen LogP contribution in [0.15, 0.2) is 42.5 Å². The lowest BCUT2D eigenvalue weighted by atomic mass is 9.88. The zero-order valence-corrected chi connectivity index (χ0v) is 12.5. The van der Waals surface area contributed by atoms with Gasteiger partial charge in [-0.3, -0.25) is 0 Å². The zero-order chi connectivity index (χ0) is 14.5. The summed E-state index contributed by atoms with van der Waals surface area (Å²) < 4.78 is 5.20. The Morgan fingerprint density at radius 2 is 1.75 bits per heavy atom. The summed E-state index contributed by atoms with van der Waals surface area (Å²) in [5, 5.41) is 0. The first-order chi connectivity index (χ1) is 9.63. The molecule has 0 aliphatic heterocycles. The van der Waals surface area contributed by atoms with Crippen LogP contribution < -0.4 is 10.5 Å². The predicted octanol–water partition coefficient (Wildman–Crippen LogP) is 3.60. The molecule has 1 unspecified atom stereocenters. The molecule has 0 amide bonds. The first kappa shape index (κ1) is 14.6. The van der Waals surface area contributed by atoms with Crippen molar-refractivity contribution in [2.24, 2.45) is 5.73 Å². The summed E-state index contributed by atoms with van der Waals surface area (Å²) in [4.78, 5) is 0. The summed E-state index contributed by atoms with van der Waals surface area (Å²) in [6.45, 7) is 4.95. The van der Waals surface area contributed by atoms with Crippen molar-refractivity contribution in [3.63, 3.8) is 0 Å². The molecule has 2 rings (SSSR count). The van der Waals surface area contributed by atoms with E-state index in [1.807, 2.05) is 12.1 Å². The second-order valence-electron chi connectivity index (χ2n) is 5.34. The lowest BCUT2D eigenvalue weighted by Crippen LogP contribution is -2.16. The number of hydrogen-bond donors (Lipinski definition) is 1. The fraction of sp³-hybridized carbons (Fsp3) is 0.333. The molecule has 0 aliphatic carbocycles. The Bertz CT molecular complexity index is 560. The molecule has 0 aromatic heterocycles. The standard InChI is InChI=1S/C18H23NO/c1-13-4-5-14(2)18(10-13)16(12-19)11-15-6-8-17(20-3)9-7-15/h4-10,16H,11-12,19H2,1-3H3. The quantitative estimate of drug-likeness (QED) is 0.900. The van der Waals surface area contributed by atoms with Gasteiger partial charge in [0.2, 0.25) is 0 Å². The molecule has 2 N–H and O–H groups in total. The van der Waals surface area contributed by atoms with E-state index in [1.165, 1.54) is 22.3 Å². The summed E-state index contributed by atoms with van der Waals surface area (Å²) >= 11 is 0. The third kappa shape index (κ3) is 3.40. The van der Waals surface area contributed by atoms with E-state index >= 15 is 0 Å². The van der Waals surface area contributed by atoms with Crippen molar-refractivity contribution in [1.29, 1.82) is 0 Å². The minimum atomic E-state index is 0.364. The minimum absolute atomic E-state index is 0.364. The van der Waals surface area contributed by atoms with Crippen molar-refractivity contribution >= 4 is 0 Å². The zero-order valence-electron chi connectivity index (χ0n) is 12.5. The Labute approximate surface area is 121 Å². The molecule has 2 aromatic rings. The summed E-state index contributed by atoms with van der Waals surface area (Å²) in [5.74, 6) is 1.26. The molecule has 2 nitrogen and oxygen atoms in total. The second kappa shape index (κ2) is 6.58. The number of rotatable bonds is 5. The summed E-state index contributed by atoms with van der Waals surface area (Å²) in [7, 11) is 1.69. The van der Waals surface area contributed by atoms with Crippen LogP contribution in [0, 0.1) is 13.8 Å². The number of ether oxygens (including phenoxy) is 1. The van der Waals surface area contributed by atoms with Gasteiger partial charge in [0, 0.05) is 5.92 Å². The number of benzene rings is 2. The minimum Gasteiger partial charge on any atom is -0.497 e. The van der Waals surface area contributed by atoms with Gasteiger partial charge in [-0.25, -0.2) is 0 Å². The van der Waals surface area contributed by atoms with E-state index in [1.54, 1.807) is 7.11 Å². The molecule has 20 heavy (non-hydrogen) atoms. The Hall–Kier alpha value is -1.80. The van der Waals surface area contributed by atoms with Crippen molar-refractivity contribution in [1.82, 2.24) is 0 Å². The largest absolute Gasteiger partial charge is 0.497 e.